The number of aliphatic imine (C=N–C) groups is 1. The minimum Gasteiger partial charge on any atom is -0.485 e. The molecule has 2 heterocycles. The Hall–Kier alpha value is -3.73. The molecule has 5 heteroatoms. The van der Waals surface area contributed by atoms with Crippen molar-refractivity contribution < 1.29 is 9.53 Å². The van der Waals surface area contributed by atoms with E-state index in [0.717, 1.165) is 38.7 Å². The number of pyridine rings is 1. The number of benzene rings is 2. The van der Waals surface area contributed by atoms with Crippen LogP contribution in [-0.2, 0) is 4.79 Å². The van der Waals surface area contributed by atoms with Gasteiger partial charge in [-0.05, 0) is 66.3 Å². The number of hydrogen-bond donors (Lipinski definition) is 1. The average Bonchev–Trinajstić information content (AvgIpc) is 3.21. The van der Waals surface area contributed by atoms with Gasteiger partial charge in [-0.1, -0.05) is 18.2 Å². The molecule has 0 radical (unpaired) electrons. The van der Waals surface area contributed by atoms with Crippen LogP contribution in [0.2, 0.25) is 0 Å². The van der Waals surface area contributed by atoms with Gasteiger partial charge in [-0.15, -0.1) is 0 Å². The van der Waals surface area contributed by atoms with Crippen LogP contribution in [-0.4, -0.2) is 35.1 Å². The van der Waals surface area contributed by atoms with Gasteiger partial charge in [0.1, 0.15) is 18.9 Å². The van der Waals surface area contributed by atoms with Gasteiger partial charge in [-0.3, -0.25) is 14.8 Å². The van der Waals surface area contributed by atoms with Crippen LogP contribution in [0.4, 0.5) is 0 Å². The van der Waals surface area contributed by atoms with Gasteiger partial charge < -0.3 is 9.72 Å². The monoisotopic (exact) mass is 397 g/mol. The minimum atomic E-state index is -0.0777. The second-order valence-electron chi connectivity index (χ2n) is 7.32. The van der Waals surface area contributed by atoms with Crippen molar-refractivity contribution in [1.29, 1.82) is 0 Å². The van der Waals surface area contributed by atoms with E-state index >= 15 is 0 Å². The van der Waals surface area contributed by atoms with Gasteiger partial charge in [0, 0.05) is 41.4 Å². The zero-order valence-corrected chi connectivity index (χ0v) is 17.1. The van der Waals surface area contributed by atoms with Crippen molar-refractivity contribution in [1.82, 2.24) is 9.97 Å². The molecule has 2 aromatic carbocycles. The number of aryl methyl sites for hydroxylation is 2. The molecule has 30 heavy (non-hydrogen) atoms. The number of aromatic nitrogens is 2. The first-order valence-electron chi connectivity index (χ1n) is 9.83. The lowest BCUT2D eigenvalue weighted by Crippen LogP contribution is -2.15. The Balaban J connectivity index is 1.42. The van der Waals surface area contributed by atoms with Crippen molar-refractivity contribution in [2.45, 2.75) is 13.8 Å². The summed E-state index contributed by atoms with van der Waals surface area (Å²) in [5.74, 6) is 0.634. The van der Waals surface area contributed by atoms with E-state index < -0.39 is 0 Å². The number of Topliss-reactive ketones (excluding diaryl/α,β-unsaturated/α-hetero) is 1. The summed E-state index contributed by atoms with van der Waals surface area (Å²) in [6, 6.07) is 16.0. The fourth-order valence-corrected chi connectivity index (χ4v) is 3.49. The zero-order chi connectivity index (χ0) is 20.9. The number of nitrogens with one attached hydrogen (secondary N) is 1. The predicted molar refractivity (Wildman–Crippen MR) is 120 cm³/mol. The van der Waals surface area contributed by atoms with Crippen LogP contribution in [0.1, 0.15) is 16.7 Å². The van der Waals surface area contributed by atoms with E-state index in [4.69, 9.17) is 4.74 Å². The molecule has 4 rings (SSSR count). The van der Waals surface area contributed by atoms with Gasteiger partial charge in [-0.2, -0.15) is 0 Å². The van der Waals surface area contributed by atoms with Crippen molar-refractivity contribution >= 4 is 22.9 Å². The molecular formula is C25H23N3O2. The fourth-order valence-electron chi connectivity index (χ4n) is 3.49. The lowest BCUT2D eigenvalue weighted by molar-refractivity contribution is -0.119. The number of H-pyrrole nitrogens is 1. The molecule has 0 spiro atoms. The smallest absolute Gasteiger partial charge is 0.191 e. The molecule has 0 saturated heterocycles. The van der Waals surface area contributed by atoms with Crippen LogP contribution in [0, 0.1) is 13.8 Å². The van der Waals surface area contributed by atoms with Crippen molar-refractivity contribution in [3.8, 4) is 16.9 Å². The Kier molecular flexibility index (Phi) is 5.70. The van der Waals surface area contributed by atoms with Crippen molar-refractivity contribution in [3.05, 3.63) is 83.8 Å². The lowest BCUT2D eigenvalue weighted by atomic mass is 10.0. The molecule has 2 aromatic heterocycles. The maximum absolute atomic E-state index is 12.3. The molecule has 0 amide bonds. The number of fused-ring (bicyclic) bond motifs is 1. The highest BCUT2D eigenvalue weighted by molar-refractivity contribution is 5.90. The quantitative estimate of drug-likeness (QED) is 0.450. The van der Waals surface area contributed by atoms with Gasteiger partial charge in [0.25, 0.3) is 0 Å². The summed E-state index contributed by atoms with van der Waals surface area (Å²) in [7, 11) is 0. The Morgan fingerprint density at radius 3 is 2.90 bits per heavy atom. The van der Waals surface area contributed by atoms with E-state index in [0.29, 0.717) is 5.75 Å². The molecule has 1 N–H and O–H groups in total. The van der Waals surface area contributed by atoms with Crippen LogP contribution in [0.25, 0.3) is 22.0 Å². The third-order valence-corrected chi connectivity index (χ3v) is 4.85. The molecule has 0 bridgehead atoms. The highest BCUT2D eigenvalue weighted by Crippen LogP contribution is 2.33. The molecule has 0 unspecified atom stereocenters. The first-order chi connectivity index (χ1) is 14.6. The van der Waals surface area contributed by atoms with E-state index in [1.54, 1.807) is 18.6 Å². The summed E-state index contributed by atoms with van der Waals surface area (Å²) in [6.07, 6.45) is 7.17. The highest BCUT2D eigenvalue weighted by Gasteiger charge is 2.12. The molecule has 0 atom stereocenters. The van der Waals surface area contributed by atoms with Crippen molar-refractivity contribution in [2.24, 2.45) is 4.99 Å². The van der Waals surface area contributed by atoms with Gasteiger partial charge in [0.15, 0.2) is 5.78 Å². The predicted octanol–water partition coefficient (Wildman–Crippen LogP) is 4.91. The molecule has 0 aliphatic rings. The minimum absolute atomic E-state index is 0.0225. The first kappa shape index (κ1) is 19.6. The average molecular weight is 397 g/mol. The molecule has 4 aromatic rings. The van der Waals surface area contributed by atoms with Crippen molar-refractivity contribution in [3.63, 3.8) is 0 Å². The van der Waals surface area contributed by atoms with Crippen LogP contribution < -0.4 is 4.74 Å². The van der Waals surface area contributed by atoms with Crippen molar-refractivity contribution in [2.75, 3.05) is 13.2 Å². The van der Waals surface area contributed by atoms with Gasteiger partial charge in [0.05, 0.1) is 0 Å². The van der Waals surface area contributed by atoms with Gasteiger partial charge in [0.2, 0.25) is 0 Å². The highest BCUT2D eigenvalue weighted by atomic mass is 16.5. The molecule has 0 aliphatic carbocycles. The summed E-state index contributed by atoms with van der Waals surface area (Å²) >= 11 is 0. The normalized spacial score (nSPS) is 11.3. The lowest BCUT2D eigenvalue weighted by Gasteiger charge is -2.15. The Bertz CT molecular complexity index is 1210. The molecule has 5 nitrogen and oxygen atoms in total. The largest absolute Gasteiger partial charge is 0.485 e. The number of carbonyl (C=O) groups excluding carboxylic acids is 1. The van der Waals surface area contributed by atoms with Crippen LogP contribution in [0.3, 0.4) is 0 Å². The third-order valence-electron chi connectivity index (χ3n) is 4.85. The number of aromatic amines is 1. The fraction of sp³-hybridized carbons (Fsp3) is 0.160. The molecule has 0 saturated carbocycles. The number of ketones is 1. The molecule has 0 aliphatic heterocycles. The maximum atomic E-state index is 12.3. The Morgan fingerprint density at radius 2 is 2.07 bits per heavy atom. The second kappa shape index (κ2) is 8.74. The Labute approximate surface area is 175 Å². The molecule has 150 valence electrons. The summed E-state index contributed by atoms with van der Waals surface area (Å²) in [5, 5.41) is 1.12. The number of rotatable bonds is 7. The number of hydrogen-bond acceptors (Lipinski definition) is 4. The Morgan fingerprint density at radius 1 is 1.17 bits per heavy atom. The van der Waals surface area contributed by atoms with Crippen LogP contribution >= 0.6 is 0 Å². The second-order valence-corrected chi connectivity index (χ2v) is 7.32. The number of ether oxygens (including phenoxy) is 1. The van der Waals surface area contributed by atoms with Crippen LogP contribution in [0.5, 0.6) is 5.75 Å². The topological polar surface area (TPSA) is 67.3 Å². The zero-order valence-electron chi connectivity index (χ0n) is 17.1. The summed E-state index contributed by atoms with van der Waals surface area (Å²) < 4.78 is 5.93. The molecular weight excluding hydrogens is 374 g/mol. The first-order valence-corrected chi connectivity index (χ1v) is 9.83. The molecule has 0 fully saturated rings. The van der Waals surface area contributed by atoms with E-state index in [-0.39, 0.29) is 18.9 Å². The van der Waals surface area contributed by atoms with Gasteiger partial charge in [-0.25, -0.2) is 0 Å². The number of carbonyl (C=O) groups is 1. The van der Waals surface area contributed by atoms with Crippen LogP contribution in [0.15, 0.2) is 72.1 Å². The summed E-state index contributed by atoms with van der Waals surface area (Å²) in [5.41, 5.74) is 6.07. The number of nitrogens with zero attached hydrogens (tertiary/aromatic N) is 2. The third kappa shape index (κ3) is 4.46. The van der Waals surface area contributed by atoms with E-state index in [1.165, 1.54) is 0 Å². The standard InChI is InChI=1S/C25H23N3O2/c1-17-10-18(2)25(23(11-17)21-4-3-8-26-14-21)30-16-22(29)15-27-13-19-5-6-24-20(12-19)7-9-28-24/h3-14,28H,15-16H2,1-2H3. The summed E-state index contributed by atoms with van der Waals surface area (Å²) in [6.45, 7) is 4.09. The SMILES string of the molecule is Cc1cc(C)c(OCC(=O)CN=Cc2ccc3[nH]ccc3c2)c(-c2cccnc2)c1. The summed E-state index contributed by atoms with van der Waals surface area (Å²) in [4.78, 5) is 24.0. The van der Waals surface area contributed by atoms with E-state index in [2.05, 4.69) is 27.1 Å². The van der Waals surface area contributed by atoms with E-state index in [9.17, 15) is 4.79 Å². The van der Waals surface area contributed by atoms with E-state index in [1.807, 2.05) is 56.4 Å². The van der Waals surface area contributed by atoms with Gasteiger partial charge >= 0.3 is 0 Å². The maximum Gasteiger partial charge on any atom is 0.191 e.